The van der Waals surface area contributed by atoms with Crippen molar-refractivity contribution < 1.29 is 23.9 Å². The average molecular weight is 370 g/mol. The zero-order valence-corrected chi connectivity index (χ0v) is 17.0. The summed E-state index contributed by atoms with van der Waals surface area (Å²) in [6.07, 6.45) is 6.89. The van der Waals surface area contributed by atoms with Gasteiger partial charge in [0.15, 0.2) is 0 Å². The zero-order chi connectivity index (χ0) is 20.8. The monoisotopic (exact) mass is 369 g/mol. The molecule has 0 saturated heterocycles. The fourth-order valence-corrected chi connectivity index (χ4v) is 1.47. The Balaban J connectivity index is -0.00000123. The molecule has 0 heterocycles. The molecule has 0 aromatic carbocycles. The Kier molecular flexibility index (Phi) is 24.7. The summed E-state index contributed by atoms with van der Waals surface area (Å²) in [5.41, 5.74) is 0. The molecule has 0 rings (SSSR count). The predicted molar refractivity (Wildman–Crippen MR) is 106 cm³/mol. The minimum atomic E-state index is -0.545. The summed E-state index contributed by atoms with van der Waals surface area (Å²) < 4.78 is 9.71. The van der Waals surface area contributed by atoms with Crippen LogP contribution in [-0.4, -0.2) is 49.0 Å². The molecule has 26 heavy (non-hydrogen) atoms. The SMILES string of the molecule is C=CC(=O)OCCN(CCOC(=O)C=C)C(=O)C/C=C\CC.CC.CC. The van der Waals surface area contributed by atoms with E-state index in [1.807, 2.05) is 40.7 Å². The van der Waals surface area contributed by atoms with Gasteiger partial charge in [0, 0.05) is 18.6 Å². The molecule has 0 aliphatic heterocycles. The van der Waals surface area contributed by atoms with Crippen LogP contribution in [0.4, 0.5) is 0 Å². The van der Waals surface area contributed by atoms with E-state index in [2.05, 4.69) is 13.2 Å². The van der Waals surface area contributed by atoms with Gasteiger partial charge < -0.3 is 14.4 Å². The third-order valence-electron chi connectivity index (χ3n) is 2.59. The van der Waals surface area contributed by atoms with E-state index in [0.717, 1.165) is 18.6 Å². The van der Waals surface area contributed by atoms with Crippen LogP contribution in [0.25, 0.3) is 0 Å². The van der Waals surface area contributed by atoms with Gasteiger partial charge in [0.05, 0.1) is 13.1 Å². The highest BCUT2D eigenvalue weighted by Gasteiger charge is 2.13. The number of amides is 1. The molecule has 0 unspecified atom stereocenters. The number of nitrogens with zero attached hydrogens (tertiary/aromatic N) is 1. The minimum Gasteiger partial charge on any atom is -0.461 e. The predicted octanol–water partition coefficient (Wildman–Crippen LogP) is 3.68. The Labute approximate surface area is 158 Å². The van der Waals surface area contributed by atoms with Crippen molar-refractivity contribution >= 4 is 17.8 Å². The Morgan fingerprint density at radius 1 is 0.846 bits per heavy atom. The molecule has 6 heteroatoms. The molecule has 0 spiro atoms. The van der Waals surface area contributed by atoms with Gasteiger partial charge in [-0.05, 0) is 6.42 Å². The third kappa shape index (κ3) is 18.0. The fraction of sp³-hybridized carbons (Fsp3) is 0.550. The molecule has 0 radical (unpaired) electrons. The first-order valence-corrected chi connectivity index (χ1v) is 9.06. The van der Waals surface area contributed by atoms with E-state index in [1.165, 1.54) is 4.90 Å². The second kappa shape index (κ2) is 22.6. The summed E-state index contributed by atoms with van der Waals surface area (Å²) in [5.74, 6) is -1.22. The maximum Gasteiger partial charge on any atom is 0.330 e. The van der Waals surface area contributed by atoms with Crippen molar-refractivity contribution in [2.45, 2.75) is 47.5 Å². The van der Waals surface area contributed by atoms with Crippen molar-refractivity contribution in [1.29, 1.82) is 0 Å². The van der Waals surface area contributed by atoms with Crippen LogP contribution in [0, 0.1) is 0 Å². The number of esters is 2. The first-order chi connectivity index (χ1) is 12.5. The lowest BCUT2D eigenvalue weighted by Crippen LogP contribution is -2.37. The second-order valence-corrected chi connectivity index (χ2v) is 4.21. The standard InChI is InChI=1S/C16H23NO5.2C2H6/c1-4-7-8-9-14(18)17(10-12-21-15(19)5-2)11-13-22-16(20)6-3;2*1-2/h5-8H,2-4,9-13H2,1H3;2*1-2H3/b8-7-;;. The maximum absolute atomic E-state index is 12.1. The van der Waals surface area contributed by atoms with Crippen molar-refractivity contribution in [3.05, 3.63) is 37.5 Å². The van der Waals surface area contributed by atoms with E-state index >= 15 is 0 Å². The molecule has 0 aromatic rings. The van der Waals surface area contributed by atoms with Crippen LogP contribution < -0.4 is 0 Å². The fourth-order valence-electron chi connectivity index (χ4n) is 1.47. The molecule has 0 aliphatic carbocycles. The highest BCUT2D eigenvalue weighted by molar-refractivity contribution is 5.81. The molecular weight excluding hydrogens is 334 g/mol. The molecule has 150 valence electrons. The maximum atomic E-state index is 12.1. The van der Waals surface area contributed by atoms with Crippen LogP contribution >= 0.6 is 0 Å². The Bertz CT molecular complexity index is 404. The Hall–Kier alpha value is -2.37. The van der Waals surface area contributed by atoms with E-state index in [0.29, 0.717) is 0 Å². The number of carbonyl (C=O) groups excluding carboxylic acids is 3. The van der Waals surface area contributed by atoms with Gasteiger partial charge in [0.25, 0.3) is 0 Å². The summed E-state index contributed by atoms with van der Waals surface area (Å²) in [6, 6.07) is 0. The molecule has 0 fully saturated rings. The zero-order valence-electron chi connectivity index (χ0n) is 17.0. The minimum absolute atomic E-state index is 0.0590. The molecule has 1 amide bonds. The van der Waals surface area contributed by atoms with Crippen LogP contribution in [0.15, 0.2) is 37.5 Å². The number of rotatable bonds is 11. The molecule has 0 N–H and O–H groups in total. The molecule has 0 aliphatic rings. The number of ether oxygens (including phenoxy) is 2. The molecule has 6 nitrogen and oxygen atoms in total. The average Bonchev–Trinajstić information content (AvgIpc) is 2.69. The highest BCUT2D eigenvalue weighted by Crippen LogP contribution is 1.98. The van der Waals surface area contributed by atoms with Crippen molar-refractivity contribution in [1.82, 2.24) is 4.90 Å². The number of carbonyl (C=O) groups is 3. The van der Waals surface area contributed by atoms with Crippen LogP contribution in [-0.2, 0) is 23.9 Å². The van der Waals surface area contributed by atoms with Gasteiger partial charge in [0.2, 0.25) is 5.91 Å². The first kappa shape index (κ1) is 28.4. The van der Waals surface area contributed by atoms with E-state index in [4.69, 9.17) is 9.47 Å². The summed E-state index contributed by atoms with van der Waals surface area (Å²) in [5, 5.41) is 0. The van der Waals surface area contributed by atoms with Crippen molar-refractivity contribution in [2.75, 3.05) is 26.3 Å². The van der Waals surface area contributed by atoms with E-state index < -0.39 is 11.9 Å². The Morgan fingerprint density at radius 3 is 1.62 bits per heavy atom. The lowest BCUT2D eigenvalue weighted by atomic mass is 10.3. The van der Waals surface area contributed by atoms with Gasteiger partial charge >= 0.3 is 11.9 Å². The summed E-state index contributed by atoms with van der Waals surface area (Å²) in [6.45, 7) is 17.1. The molecule has 0 bridgehead atoms. The van der Waals surface area contributed by atoms with Gasteiger partial charge in [-0.15, -0.1) is 0 Å². The largest absolute Gasteiger partial charge is 0.461 e. The first-order valence-electron chi connectivity index (χ1n) is 9.06. The second-order valence-electron chi connectivity index (χ2n) is 4.21. The third-order valence-corrected chi connectivity index (χ3v) is 2.59. The van der Waals surface area contributed by atoms with Crippen molar-refractivity contribution in [2.24, 2.45) is 0 Å². The van der Waals surface area contributed by atoms with Gasteiger partial charge in [0.1, 0.15) is 13.2 Å². The quantitative estimate of drug-likeness (QED) is 0.315. The molecular formula is C20H35NO5. The smallest absolute Gasteiger partial charge is 0.330 e. The van der Waals surface area contributed by atoms with Gasteiger partial charge in [-0.25, -0.2) is 9.59 Å². The van der Waals surface area contributed by atoms with E-state index in [9.17, 15) is 14.4 Å². The summed E-state index contributed by atoms with van der Waals surface area (Å²) in [4.78, 5) is 35.5. The molecule has 0 aromatic heterocycles. The molecule has 0 atom stereocenters. The van der Waals surface area contributed by atoms with Gasteiger partial charge in [-0.2, -0.15) is 0 Å². The summed E-state index contributed by atoms with van der Waals surface area (Å²) in [7, 11) is 0. The Morgan fingerprint density at radius 2 is 1.27 bits per heavy atom. The van der Waals surface area contributed by atoms with E-state index in [1.54, 1.807) is 6.08 Å². The van der Waals surface area contributed by atoms with Gasteiger partial charge in [-0.3, -0.25) is 4.79 Å². The number of allylic oxidation sites excluding steroid dienone is 1. The van der Waals surface area contributed by atoms with Gasteiger partial charge in [-0.1, -0.05) is 59.9 Å². The molecule has 0 saturated carbocycles. The topological polar surface area (TPSA) is 72.9 Å². The lowest BCUT2D eigenvalue weighted by Gasteiger charge is -2.21. The van der Waals surface area contributed by atoms with Crippen molar-refractivity contribution in [3.63, 3.8) is 0 Å². The van der Waals surface area contributed by atoms with Crippen LogP contribution in [0.5, 0.6) is 0 Å². The summed E-state index contributed by atoms with van der Waals surface area (Å²) >= 11 is 0. The lowest BCUT2D eigenvalue weighted by molar-refractivity contribution is -0.142. The van der Waals surface area contributed by atoms with Crippen LogP contribution in [0.3, 0.4) is 0 Å². The number of hydrogen-bond donors (Lipinski definition) is 0. The van der Waals surface area contributed by atoms with Crippen LogP contribution in [0.1, 0.15) is 47.5 Å². The van der Waals surface area contributed by atoms with Crippen LogP contribution in [0.2, 0.25) is 0 Å². The van der Waals surface area contributed by atoms with E-state index in [-0.39, 0.29) is 38.6 Å². The normalized spacial score (nSPS) is 8.96. The number of hydrogen-bond acceptors (Lipinski definition) is 5. The van der Waals surface area contributed by atoms with Crippen molar-refractivity contribution in [3.8, 4) is 0 Å². The highest BCUT2D eigenvalue weighted by atomic mass is 16.5.